The van der Waals surface area contributed by atoms with E-state index >= 15 is 0 Å². The van der Waals surface area contributed by atoms with Crippen LogP contribution in [0, 0.1) is 0 Å². The molecule has 2 aliphatic carbocycles. The summed E-state index contributed by atoms with van der Waals surface area (Å²) in [6.07, 6.45) is 8.85. The first kappa shape index (κ1) is 21.5. The van der Waals surface area contributed by atoms with Gasteiger partial charge in [0.2, 0.25) is 21.8 Å². The van der Waals surface area contributed by atoms with Gasteiger partial charge in [-0.2, -0.15) is 0 Å². The van der Waals surface area contributed by atoms with Crippen LogP contribution in [-0.4, -0.2) is 31.8 Å². The third-order valence-electron chi connectivity index (χ3n) is 5.76. The van der Waals surface area contributed by atoms with E-state index in [0.29, 0.717) is 5.69 Å². The van der Waals surface area contributed by atoms with Crippen LogP contribution >= 0.6 is 0 Å². The lowest BCUT2D eigenvalue weighted by Crippen LogP contribution is -2.54. The van der Waals surface area contributed by atoms with Crippen molar-refractivity contribution in [3.05, 3.63) is 36.9 Å². The van der Waals surface area contributed by atoms with Crippen molar-refractivity contribution in [1.29, 1.82) is 0 Å². The SMILES string of the molecule is C=CC(=O)NC1(CC(=O)Nc2ccc(S(=O)(=O)NC3CCCCC3)cc2)CCC1. The molecule has 29 heavy (non-hydrogen) atoms. The van der Waals surface area contributed by atoms with Crippen LogP contribution in [0.5, 0.6) is 0 Å². The van der Waals surface area contributed by atoms with Crippen molar-refractivity contribution in [2.24, 2.45) is 0 Å². The van der Waals surface area contributed by atoms with E-state index in [-0.39, 0.29) is 29.2 Å². The van der Waals surface area contributed by atoms with Crippen LogP contribution in [0.4, 0.5) is 5.69 Å². The molecule has 0 heterocycles. The Kier molecular flexibility index (Phi) is 6.74. The lowest BCUT2D eigenvalue weighted by atomic mass is 9.74. The molecule has 0 radical (unpaired) electrons. The van der Waals surface area contributed by atoms with Crippen LogP contribution < -0.4 is 15.4 Å². The monoisotopic (exact) mass is 419 g/mol. The van der Waals surface area contributed by atoms with Crippen LogP contribution in [0.3, 0.4) is 0 Å². The normalized spacial score (nSPS) is 19.0. The summed E-state index contributed by atoms with van der Waals surface area (Å²) in [6, 6.07) is 6.17. The Morgan fingerprint density at radius 3 is 2.28 bits per heavy atom. The average Bonchev–Trinajstić information content (AvgIpc) is 2.67. The zero-order valence-electron chi connectivity index (χ0n) is 16.6. The fraction of sp³-hybridized carbons (Fsp3) is 0.524. The van der Waals surface area contributed by atoms with E-state index < -0.39 is 15.6 Å². The maximum absolute atomic E-state index is 12.6. The van der Waals surface area contributed by atoms with Gasteiger partial charge in [-0.3, -0.25) is 9.59 Å². The number of carbonyl (C=O) groups excluding carboxylic acids is 2. The quantitative estimate of drug-likeness (QED) is 0.564. The third-order valence-corrected chi connectivity index (χ3v) is 7.30. The molecule has 3 rings (SSSR count). The zero-order valence-corrected chi connectivity index (χ0v) is 17.4. The van der Waals surface area contributed by atoms with Gasteiger partial charge < -0.3 is 10.6 Å². The van der Waals surface area contributed by atoms with Crippen LogP contribution in [0.25, 0.3) is 0 Å². The van der Waals surface area contributed by atoms with Gasteiger partial charge in [0.15, 0.2) is 0 Å². The minimum atomic E-state index is -3.56. The number of hydrogen-bond acceptors (Lipinski definition) is 4. The summed E-state index contributed by atoms with van der Waals surface area (Å²) in [6.45, 7) is 3.45. The summed E-state index contributed by atoms with van der Waals surface area (Å²) >= 11 is 0. The molecule has 2 amide bonds. The molecule has 0 spiro atoms. The predicted octanol–water partition coefficient (Wildman–Crippen LogP) is 2.85. The van der Waals surface area contributed by atoms with Crippen molar-refractivity contribution in [2.75, 3.05) is 5.32 Å². The van der Waals surface area contributed by atoms with Gasteiger partial charge >= 0.3 is 0 Å². The molecule has 2 saturated carbocycles. The molecule has 0 bridgehead atoms. The number of nitrogens with one attached hydrogen (secondary N) is 3. The van der Waals surface area contributed by atoms with E-state index in [9.17, 15) is 18.0 Å². The molecule has 1 aromatic carbocycles. The molecular formula is C21H29N3O4S. The molecule has 158 valence electrons. The van der Waals surface area contributed by atoms with Crippen molar-refractivity contribution in [1.82, 2.24) is 10.0 Å². The topological polar surface area (TPSA) is 104 Å². The minimum absolute atomic E-state index is 0.00225. The van der Waals surface area contributed by atoms with Gasteiger partial charge in [0.05, 0.1) is 11.3 Å². The Labute approximate surface area is 172 Å². The van der Waals surface area contributed by atoms with Crippen molar-refractivity contribution in [3.63, 3.8) is 0 Å². The molecule has 3 N–H and O–H groups in total. The molecule has 0 aliphatic heterocycles. The number of anilines is 1. The highest BCUT2D eigenvalue weighted by atomic mass is 32.2. The van der Waals surface area contributed by atoms with Gasteiger partial charge in [0.1, 0.15) is 0 Å². The number of carbonyl (C=O) groups is 2. The van der Waals surface area contributed by atoms with Crippen LogP contribution in [0.2, 0.25) is 0 Å². The van der Waals surface area contributed by atoms with Crippen LogP contribution in [0.1, 0.15) is 57.8 Å². The molecule has 2 fully saturated rings. The van der Waals surface area contributed by atoms with Crippen LogP contribution in [-0.2, 0) is 19.6 Å². The second kappa shape index (κ2) is 9.09. The van der Waals surface area contributed by atoms with Gasteiger partial charge in [-0.15, -0.1) is 0 Å². The highest BCUT2D eigenvalue weighted by Gasteiger charge is 2.39. The highest BCUT2D eigenvalue weighted by Crippen LogP contribution is 2.35. The fourth-order valence-corrected chi connectivity index (χ4v) is 5.30. The van der Waals surface area contributed by atoms with Gasteiger partial charge in [0.25, 0.3) is 0 Å². The second-order valence-electron chi connectivity index (χ2n) is 8.03. The van der Waals surface area contributed by atoms with E-state index in [0.717, 1.165) is 51.4 Å². The highest BCUT2D eigenvalue weighted by molar-refractivity contribution is 7.89. The Bertz CT molecular complexity index is 854. The zero-order chi connectivity index (χ0) is 20.9. The molecule has 7 nitrogen and oxygen atoms in total. The molecule has 2 aliphatic rings. The summed E-state index contributed by atoms with van der Waals surface area (Å²) in [7, 11) is -3.56. The lowest BCUT2D eigenvalue weighted by Gasteiger charge is -2.41. The van der Waals surface area contributed by atoms with Gasteiger partial charge in [-0.1, -0.05) is 25.8 Å². The summed E-state index contributed by atoms with van der Waals surface area (Å²) in [5, 5.41) is 5.64. The minimum Gasteiger partial charge on any atom is -0.347 e. The smallest absolute Gasteiger partial charge is 0.243 e. The third kappa shape index (κ3) is 5.67. The first-order chi connectivity index (χ1) is 13.8. The Morgan fingerprint density at radius 1 is 1.07 bits per heavy atom. The lowest BCUT2D eigenvalue weighted by molar-refractivity contribution is -0.122. The predicted molar refractivity (Wildman–Crippen MR) is 112 cm³/mol. The fourth-order valence-electron chi connectivity index (χ4n) is 4.00. The number of hydrogen-bond donors (Lipinski definition) is 3. The summed E-state index contributed by atoms with van der Waals surface area (Å²) in [4.78, 5) is 24.2. The molecule has 8 heteroatoms. The summed E-state index contributed by atoms with van der Waals surface area (Å²) < 4.78 is 27.9. The Balaban J connectivity index is 1.57. The van der Waals surface area contributed by atoms with Gasteiger partial charge in [-0.05, 0) is 62.4 Å². The number of amides is 2. The van der Waals surface area contributed by atoms with E-state index in [4.69, 9.17) is 0 Å². The first-order valence-electron chi connectivity index (χ1n) is 10.2. The van der Waals surface area contributed by atoms with Gasteiger partial charge in [0, 0.05) is 17.3 Å². The summed E-state index contributed by atoms with van der Waals surface area (Å²) in [5.74, 6) is -0.498. The van der Waals surface area contributed by atoms with E-state index in [1.807, 2.05) is 0 Å². The van der Waals surface area contributed by atoms with Crippen LogP contribution in [0.15, 0.2) is 41.8 Å². The summed E-state index contributed by atoms with van der Waals surface area (Å²) in [5.41, 5.74) is 0.0128. The largest absolute Gasteiger partial charge is 0.347 e. The molecule has 0 aromatic heterocycles. The van der Waals surface area contributed by atoms with E-state index in [2.05, 4.69) is 21.9 Å². The molecule has 0 unspecified atom stereocenters. The number of benzene rings is 1. The Hall–Kier alpha value is -2.19. The maximum atomic E-state index is 12.6. The molecule has 1 aromatic rings. The Morgan fingerprint density at radius 2 is 1.72 bits per heavy atom. The molecular weight excluding hydrogens is 390 g/mol. The van der Waals surface area contributed by atoms with Gasteiger partial charge in [-0.25, -0.2) is 13.1 Å². The number of rotatable bonds is 8. The van der Waals surface area contributed by atoms with E-state index in [1.54, 1.807) is 12.1 Å². The standard InChI is InChI=1S/C21H29N3O4S/c1-2-19(25)23-21(13-6-14-21)15-20(26)22-16-9-11-18(12-10-16)29(27,28)24-17-7-4-3-5-8-17/h2,9-12,17,24H,1,3-8,13-15H2,(H,22,26)(H,23,25). The maximum Gasteiger partial charge on any atom is 0.243 e. The van der Waals surface area contributed by atoms with Crippen molar-refractivity contribution < 1.29 is 18.0 Å². The molecule has 0 saturated heterocycles. The first-order valence-corrected chi connectivity index (χ1v) is 11.7. The molecule has 0 atom stereocenters. The average molecular weight is 420 g/mol. The second-order valence-corrected chi connectivity index (χ2v) is 9.75. The van der Waals surface area contributed by atoms with E-state index in [1.165, 1.54) is 18.2 Å². The van der Waals surface area contributed by atoms with Crippen molar-refractivity contribution in [2.45, 2.75) is 74.3 Å². The van der Waals surface area contributed by atoms with Crippen molar-refractivity contribution >= 4 is 27.5 Å². The van der Waals surface area contributed by atoms with Crippen molar-refractivity contribution in [3.8, 4) is 0 Å². The number of sulfonamides is 1.